The molecule has 0 saturated carbocycles. The van der Waals surface area contributed by atoms with Crippen LogP contribution in [0.25, 0.3) is 10.9 Å². The Morgan fingerprint density at radius 1 is 1.29 bits per heavy atom. The Balaban J connectivity index is 2.77. The van der Waals surface area contributed by atoms with Crippen molar-refractivity contribution in [2.24, 2.45) is 0 Å². The predicted octanol–water partition coefficient (Wildman–Crippen LogP) is 2.80. The Morgan fingerprint density at radius 3 is 2.79 bits per heavy atom. The quantitative estimate of drug-likeness (QED) is 0.846. The predicted molar refractivity (Wildman–Crippen MR) is 60.1 cm³/mol. The number of aryl methyl sites for hydroxylation is 1. The van der Waals surface area contributed by atoms with E-state index < -0.39 is 0 Å². The molecule has 1 heterocycles. The van der Waals surface area contributed by atoms with Gasteiger partial charge in [-0.2, -0.15) is 0 Å². The summed E-state index contributed by atoms with van der Waals surface area (Å²) in [6.45, 7) is 2.01. The molecule has 2 rings (SSSR count). The summed E-state index contributed by atoms with van der Waals surface area (Å²) in [5.74, 6) is 0. The molecule has 0 atom stereocenters. The Morgan fingerprint density at radius 2 is 2.07 bits per heavy atom. The molecule has 0 fully saturated rings. The van der Waals surface area contributed by atoms with E-state index in [-0.39, 0.29) is 6.61 Å². The molecule has 0 spiro atoms. The van der Waals surface area contributed by atoms with E-state index in [2.05, 4.69) is 20.9 Å². The number of aliphatic hydroxyl groups excluding tert-OH is 1. The second-order valence-electron chi connectivity index (χ2n) is 3.22. The van der Waals surface area contributed by atoms with Gasteiger partial charge in [-0.3, -0.25) is 4.98 Å². The van der Waals surface area contributed by atoms with E-state index in [1.165, 1.54) is 0 Å². The molecule has 0 saturated heterocycles. The molecule has 0 aliphatic heterocycles. The highest BCUT2D eigenvalue weighted by Gasteiger charge is 2.04. The van der Waals surface area contributed by atoms with Crippen molar-refractivity contribution in [3.05, 3.63) is 40.0 Å². The van der Waals surface area contributed by atoms with Crippen LogP contribution >= 0.6 is 15.9 Å². The first-order valence-electron chi connectivity index (χ1n) is 4.38. The van der Waals surface area contributed by atoms with Gasteiger partial charge in [-0.05, 0) is 46.6 Å². The highest BCUT2D eigenvalue weighted by Crippen LogP contribution is 2.26. The number of pyridine rings is 1. The maximum Gasteiger partial charge on any atom is 0.0716 e. The van der Waals surface area contributed by atoms with Gasteiger partial charge in [0.15, 0.2) is 0 Å². The van der Waals surface area contributed by atoms with Crippen molar-refractivity contribution in [3.8, 4) is 0 Å². The van der Waals surface area contributed by atoms with Gasteiger partial charge in [-0.25, -0.2) is 0 Å². The molecule has 0 unspecified atom stereocenters. The summed E-state index contributed by atoms with van der Waals surface area (Å²) in [5, 5.41) is 10.1. The van der Waals surface area contributed by atoms with Gasteiger partial charge in [0, 0.05) is 15.6 Å². The third kappa shape index (κ3) is 1.53. The van der Waals surface area contributed by atoms with Crippen LogP contribution in [-0.4, -0.2) is 10.1 Å². The Hall–Kier alpha value is -0.930. The van der Waals surface area contributed by atoms with Crippen molar-refractivity contribution in [1.82, 2.24) is 4.98 Å². The van der Waals surface area contributed by atoms with Crippen molar-refractivity contribution in [2.45, 2.75) is 13.5 Å². The van der Waals surface area contributed by atoms with Gasteiger partial charge in [-0.15, -0.1) is 0 Å². The van der Waals surface area contributed by atoms with E-state index in [4.69, 9.17) is 5.11 Å². The van der Waals surface area contributed by atoms with Crippen LogP contribution in [0.3, 0.4) is 0 Å². The molecule has 1 N–H and O–H groups in total. The van der Waals surface area contributed by atoms with Crippen LogP contribution < -0.4 is 0 Å². The van der Waals surface area contributed by atoms with E-state index in [0.29, 0.717) is 0 Å². The zero-order valence-electron chi connectivity index (χ0n) is 7.79. The molecule has 14 heavy (non-hydrogen) atoms. The summed E-state index contributed by atoms with van der Waals surface area (Å²) in [4.78, 5) is 4.40. The van der Waals surface area contributed by atoms with Gasteiger partial charge in [0.2, 0.25) is 0 Å². The topological polar surface area (TPSA) is 33.1 Å². The Bertz CT molecular complexity index is 482. The molecule has 0 aliphatic rings. The molecule has 0 radical (unpaired) electrons. The molecule has 0 amide bonds. The number of aliphatic hydroxyl groups is 1. The molecular formula is C11H10BrNO. The minimum absolute atomic E-state index is 0.0460. The van der Waals surface area contributed by atoms with Gasteiger partial charge in [-0.1, -0.05) is 6.07 Å². The van der Waals surface area contributed by atoms with E-state index in [1.54, 1.807) is 0 Å². The van der Waals surface area contributed by atoms with Crippen LogP contribution in [0.4, 0.5) is 0 Å². The van der Waals surface area contributed by atoms with Gasteiger partial charge in [0.05, 0.1) is 12.1 Å². The third-order valence-corrected chi connectivity index (χ3v) is 3.13. The third-order valence-electron chi connectivity index (χ3n) is 2.20. The maximum atomic E-state index is 9.08. The first kappa shape index (κ1) is 9.62. The Kier molecular flexibility index (Phi) is 2.52. The van der Waals surface area contributed by atoms with E-state index in [0.717, 1.165) is 26.6 Å². The molecule has 0 aliphatic carbocycles. The zero-order chi connectivity index (χ0) is 10.1. The normalized spacial score (nSPS) is 10.8. The van der Waals surface area contributed by atoms with Crippen molar-refractivity contribution >= 4 is 26.8 Å². The molecule has 2 nitrogen and oxygen atoms in total. The van der Waals surface area contributed by atoms with Crippen LogP contribution in [0.2, 0.25) is 0 Å². The standard InChI is InChI=1S/C11H10BrNO/c1-7-2-4-9-10(13-7)5-3-8(6-14)11(9)12/h2-5,14H,6H2,1H3. The van der Waals surface area contributed by atoms with Gasteiger partial charge in [0.25, 0.3) is 0 Å². The van der Waals surface area contributed by atoms with Crippen molar-refractivity contribution in [1.29, 1.82) is 0 Å². The molecule has 3 heteroatoms. The average molecular weight is 252 g/mol. The summed E-state index contributed by atoms with van der Waals surface area (Å²) in [5.41, 5.74) is 2.85. The molecule has 2 aromatic rings. The first-order chi connectivity index (χ1) is 6.72. The largest absolute Gasteiger partial charge is 0.392 e. The molecule has 0 bridgehead atoms. The summed E-state index contributed by atoms with van der Waals surface area (Å²) in [7, 11) is 0. The second-order valence-corrected chi connectivity index (χ2v) is 4.01. The summed E-state index contributed by atoms with van der Waals surface area (Å²) >= 11 is 3.47. The Labute approximate surface area is 90.7 Å². The van der Waals surface area contributed by atoms with E-state index in [9.17, 15) is 0 Å². The fourth-order valence-electron chi connectivity index (χ4n) is 1.44. The number of rotatable bonds is 1. The van der Waals surface area contributed by atoms with Crippen LogP contribution in [0.15, 0.2) is 28.7 Å². The number of benzene rings is 1. The fourth-order valence-corrected chi connectivity index (χ4v) is 2.03. The van der Waals surface area contributed by atoms with E-state index >= 15 is 0 Å². The molecule has 72 valence electrons. The van der Waals surface area contributed by atoms with Crippen LogP contribution in [0.1, 0.15) is 11.3 Å². The number of hydrogen-bond donors (Lipinski definition) is 1. The van der Waals surface area contributed by atoms with Gasteiger partial charge < -0.3 is 5.11 Å². The molecule has 1 aromatic carbocycles. The maximum absolute atomic E-state index is 9.08. The van der Waals surface area contributed by atoms with Gasteiger partial charge in [0.1, 0.15) is 0 Å². The number of fused-ring (bicyclic) bond motifs is 1. The monoisotopic (exact) mass is 251 g/mol. The smallest absolute Gasteiger partial charge is 0.0716 e. The number of hydrogen-bond acceptors (Lipinski definition) is 2. The lowest BCUT2D eigenvalue weighted by Crippen LogP contribution is -1.89. The fraction of sp³-hybridized carbons (Fsp3) is 0.182. The minimum Gasteiger partial charge on any atom is -0.392 e. The van der Waals surface area contributed by atoms with Crippen molar-refractivity contribution in [3.63, 3.8) is 0 Å². The average Bonchev–Trinajstić information content (AvgIpc) is 2.18. The lowest BCUT2D eigenvalue weighted by molar-refractivity contribution is 0.281. The second kappa shape index (κ2) is 3.67. The minimum atomic E-state index is 0.0460. The SMILES string of the molecule is Cc1ccc2c(Br)c(CO)ccc2n1. The molecule has 1 aromatic heterocycles. The number of halogens is 1. The molecular weight excluding hydrogens is 242 g/mol. The lowest BCUT2D eigenvalue weighted by atomic mass is 10.1. The summed E-state index contributed by atoms with van der Waals surface area (Å²) < 4.78 is 0.935. The summed E-state index contributed by atoms with van der Waals surface area (Å²) in [6.07, 6.45) is 0. The highest BCUT2D eigenvalue weighted by molar-refractivity contribution is 9.10. The zero-order valence-corrected chi connectivity index (χ0v) is 9.37. The van der Waals surface area contributed by atoms with Crippen molar-refractivity contribution in [2.75, 3.05) is 0 Å². The van der Waals surface area contributed by atoms with Crippen LogP contribution in [0.5, 0.6) is 0 Å². The first-order valence-corrected chi connectivity index (χ1v) is 5.17. The lowest BCUT2D eigenvalue weighted by Gasteiger charge is -2.05. The van der Waals surface area contributed by atoms with Gasteiger partial charge >= 0.3 is 0 Å². The number of aromatic nitrogens is 1. The van der Waals surface area contributed by atoms with E-state index in [1.807, 2.05) is 31.2 Å². The van der Waals surface area contributed by atoms with Crippen molar-refractivity contribution < 1.29 is 5.11 Å². The van der Waals surface area contributed by atoms with Crippen LogP contribution in [0, 0.1) is 6.92 Å². The highest BCUT2D eigenvalue weighted by atomic mass is 79.9. The van der Waals surface area contributed by atoms with Crippen LogP contribution in [-0.2, 0) is 6.61 Å². The summed E-state index contributed by atoms with van der Waals surface area (Å²) in [6, 6.07) is 7.80. The number of nitrogens with zero attached hydrogens (tertiary/aromatic N) is 1.